The summed E-state index contributed by atoms with van der Waals surface area (Å²) in [5.74, 6) is -0.890. The molecule has 3 heteroatoms. The van der Waals surface area contributed by atoms with Crippen molar-refractivity contribution in [2.24, 2.45) is 0 Å². The van der Waals surface area contributed by atoms with Gasteiger partial charge in [-0.15, -0.1) is 0 Å². The molecule has 0 aliphatic rings. The van der Waals surface area contributed by atoms with Gasteiger partial charge in [0.05, 0.1) is 6.61 Å². The van der Waals surface area contributed by atoms with Gasteiger partial charge in [-0.25, -0.2) is 4.79 Å². The van der Waals surface area contributed by atoms with Crippen molar-refractivity contribution in [3.63, 3.8) is 0 Å². The number of ether oxygens (including phenoxy) is 1. The third-order valence-electron chi connectivity index (χ3n) is 3.34. The van der Waals surface area contributed by atoms with Crippen LogP contribution in [0.5, 0.6) is 0 Å². The lowest BCUT2D eigenvalue weighted by Gasteiger charge is -2.13. The highest BCUT2D eigenvalue weighted by Crippen LogP contribution is 2.11. The summed E-state index contributed by atoms with van der Waals surface area (Å²) < 4.78 is 5.53. The van der Waals surface area contributed by atoms with Crippen LogP contribution in [-0.4, -0.2) is 17.2 Å². The van der Waals surface area contributed by atoms with Crippen LogP contribution in [0.1, 0.15) is 24.0 Å². The SMILES string of the molecule is O=C(O)C(CCCc1ccccc1)OCc1ccccc1. The van der Waals surface area contributed by atoms with E-state index >= 15 is 0 Å². The third kappa shape index (κ3) is 5.40. The number of benzene rings is 2. The van der Waals surface area contributed by atoms with Gasteiger partial charge in [0.25, 0.3) is 0 Å². The summed E-state index contributed by atoms with van der Waals surface area (Å²) in [6.45, 7) is 0.336. The Hall–Kier alpha value is -2.13. The van der Waals surface area contributed by atoms with E-state index in [1.165, 1.54) is 5.56 Å². The fraction of sp³-hybridized carbons (Fsp3) is 0.278. The molecule has 2 aromatic carbocycles. The number of aryl methyl sites for hydroxylation is 1. The monoisotopic (exact) mass is 284 g/mol. The molecule has 0 bridgehead atoms. The van der Waals surface area contributed by atoms with Crippen LogP contribution < -0.4 is 0 Å². The van der Waals surface area contributed by atoms with Crippen LogP contribution in [-0.2, 0) is 22.6 Å². The maximum atomic E-state index is 11.2. The van der Waals surface area contributed by atoms with Crippen molar-refractivity contribution in [2.75, 3.05) is 0 Å². The van der Waals surface area contributed by atoms with Gasteiger partial charge in [0, 0.05) is 0 Å². The van der Waals surface area contributed by atoms with Gasteiger partial charge in [-0.2, -0.15) is 0 Å². The number of hydrogen-bond donors (Lipinski definition) is 1. The molecule has 0 aliphatic heterocycles. The first-order valence-electron chi connectivity index (χ1n) is 7.18. The van der Waals surface area contributed by atoms with Gasteiger partial charge in [0.1, 0.15) is 0 Å². The summed E-state index contributed by atoms with van der Waals surface area (Å²) in [5.41, 5.74) is 2.22. The van der Waals surface area contributed by atoms with Gasteiger partial charge in [-0.1, -0.05) is 60.7 Å². The third-order valence-corrected chi connectivity index (χ3v) is 3.34. The minimum atomic E-state index is -0.890. The van der Waals surface area contributed by atoms with Crippen molar-refractivity contribution >= 4 is 5.97 Å². The van der Waals surface area contributed by atoms with Crippen LogP contribution in [0.2, 0.25) is 0 Å². The standard InChI is InChI=1S/C18H20O3/c19-18(20)17(21-14-16-10-5-2-6-11-16)13-7-12-15-8-3-1-4-9-15/h1-6,8-11,17H,7,12-14H2,(H,19,20). The van der Waals surface area contributed by atoms with Crippen molar-refractivity contribution in [1.82, 2.24) is 0 Å². The van der Waals surface area contributed by atoms with Gasteiger partial charge in [0.2, 0.25) is 0 Å². The van der Waals surface area contributed by atoms with Crippen molar-refractivity contribution < 1.29 is 14.6 Å². The van der Waals surface area contributed by atoms with E-state index in [2.05, 4.69) is 12.1 Å². The molecule has 0 saturated heterocycles. The second-order valence-corrected chi connectivity index (χ2v) is 5.00. The molecule has 0 radical (unpaired) electrons. The highest BCUT2D eigenvalue weighted by atomic mass is 16.5. The average Bonchev–Trinajstić information content (AvgIpc) is 2.52. The van der Waals surface area contributed by atoms with Crippen molar-refractivity contribution in [1.29, 1.82) is 0 Å². The maximum absolute atomic E-state index is 11.2. The normalized spacial score (nSPS) is 12.0. The molecule has 2 rings (SSSR count). The summed E-state index contributed by atoms with van der Waals surface area (Å²) in [6.07, 6.45) is 1.46. The number of rotatable bonds is 8. The van der Waals surface area contributed by atoms with E-state index in [0.29, 0.717) is 13.0 Å². The Labute approximate surface area is 125 Å². The van der Waals surface area contributed by atoms with E-state index in [-0.39, 0.29) is 0 Å². The van der Waals surface area contributed by atoms with E-state index in [9.17, 15) is 9.90 Å². The molecule has 1 N–H and O–H groups in total. The van der Waals surface area contributed by atoms with Gasteiger partial charge in [-0.3, -0.25) is 0 Å². The van der Waals surface area contributed by atoms with Crippen molar-refractivity contribution in [2.45, 2.75) is 32.0 Å². The van der Waals surface area contributed by atoms with Gasteiger partial charge >= 0.3 is 5.97 Å². The molecule has 1 atom stereocenters. The highest BCUT2D eigenvalue weighted by molar-refractivity contribution is 5.72. The van der Waals surface area contributed by atoms with Crippen LogP contribution >= 0.6 is 0 Å². The van der Waals surface area contributed by atoms with E-state index in [4.69, 9.17) is 4.74 Å². The molecule has 3 nitrogen and oxygen atoms in total. The predicted octanol–water partition coefficient (Wildman–Crippen LogP) is 3.68. The number of aliphatic carboxylic acids is 1. The zero-order valence-corrected chi connectivity index (χ0v) is 11.9. The number of carboxylic acid groups (broad SMARTS) is 1. The zero-order valence-electron chi connectivity index (χ0n) is 11.9. The minimum Gasteiger partial charge on any atom is -0.479 e. The van der Waals surface area contributed by atoms with Crippen LogP contribution in [0.3, 0.4) is 0 Å². The molecule has 0 fully saturated rings. The maximum Gasteiger partial charge on any atom is 0.332 e. The number of hydrogen-bond acceptors (Lipinski definition) is 2. The second kappa shape index (κ2) is 8.22. The number of carbonyl (C=O) groups is 1. The summed E-state index contributed by atoms with van der Waals surface area (Å²) in [5, 5.41) is 9.22. The van der Waals surface area contributed by atoms with Gasteiger partial charge in [0.15, 0.2) is 6.10 Å². The lowest BCUT2D eigenvalue weighted by molar-refractivity contribution is -0.151. The average molecular weight is 284 g/mol. The zero-order chi connectivity index (χ0) is 14.9. The second-order valence-electron chi connectivity index (χ2n) is 5.00. The molecule has 0 aliphatic carbocycles. The van der Waals surface area contributed by atoms with E-state index in [1.807, 2.05) is 48.5 Å². The number of carboxylic acids is 1. The van der Waals surface area contributed by atoms with Crippen molar-refractivity contribution in [3.8, 4) is 0 Å². The Balaban J connectivity index is 1.78. The first-order chi connectivity index (χ1) is 10.3. The fourth-order valence-electron chi connectivity index (χ4n) is 2.19. The molecule has 110 valence electrons. The Morgan fingerprint density at radius 2 is 1.52 bits per heavy atom. The van der Waals surface area contributed by atoms with Crippen LogP contribution in [0.15, 0.2) is 60.7 Å². The molecule has 2 aromatic rings. The van der Waals surface area contributed by atoms with Crippen LogP contribution in [0.4, 0.5) is 0 Å². The lowest BCUT2D eigenvalue weighted by atomic mass is 10.1. The van der Waals surface area contributed by atoms with E-state index in [0.717, 1.165) is 18.4 Å². The predicted molar refractivity (Wildman–Crippen MR) is 82.0 cm³/mol. The Morgan fingerprint density at radius 3 is 2.10 bits per heavy atom. The van der Waals surface area contributed by atoms with Crippen molar-refractivity contribution in [3.05, 3.63) is 71.8 Å². The quantitative estimate of drug-likeness (QED) is 0.804. The molecule has 21 heavy (non-hydrogen) atoms. The Kier molecular flexibility index (Phi) is 5.98. The highest BCUT2D eigenvalue weighted by Gasteiger charge is 2.17. The summed E-state index contributed by atoms with van der Waals surface area (Å²) in [4.78, 5) is 11.2. The molecule has 1 unspecified atom stereocenters. The first kappa shape index (κ1) is 15.3. The summed E-state index contributed by atoms with van der Waals surface area (Å²) in [7, 11) is 0. The first-order valence-corrected chi connectivity index (χ1v) is 7.18. The van der Waals surface area contributed by atoms with E-state index in [1.54, 1.807) is 0 Å². The van der Waals surface area contributed by atoms with E-state index < -0.39 is 12.1 Å². The summed E-state index contributed by atoms with van der Waals surface area (Å²) >= 11 is 0. The molecule has 0 amide bonds. The fourth-order valence-corrected chi connectivity index (χ4v) is 2.19. The van der Waals surface area contributed by atoms with Gasteiger partial charge < -0.3 is 9.84 Å². The molecular formula is C18H20O3. The van der Waals surface area contributed by atoms with Crippen LogP contribution in [0, 0.1) is 0 Å². The molecule has 0 saturated carbocycles. The van der Waals surface area contributed by atoms with Gasteiger partial charge in [-0.05, 0) is 30.4 Å². The molecule has 0 aromatic heterocycles. The van der Waals surface area contributed by atoms with Crippen LogP contribution in [0.25, 0.3) is 0 Å². The molecular weight excluding hydrogens is 264 g/mol. The molecule has 0 spiro atoms. The lowest BCUT2D eigenvalue weighted by Crippen LogP contribution is -2.23. The molecule has 0 heterocycles. The topological polar surface area (TPSA) is 46.5 Å². The largest absolute Gasteiger partial charge is 0.479 e. The summed E-state index contributed by atoms with van der Waals surface area (Å²) in [6, 6.07) is 19.7. The smallest absolute Gasteiger partial charge is 0.332 e. The Morgan fingerprint density at radius 1 is 0.952 bits per heavy atom. The minimum absolute atomic E-state index is 0.336. The Bertz CT molecular complexity index is 537.